The molecule has 2 aliphatic rings. The third-order valence-corrected chi connectivity index (χ3v) is 5.86. The fourth-order valence-corrected chi connectivity index (χ4v) is 4.02. The highest BCUT2D eigenvalue weighted by atomic mass is 16.6. The van der Waals surface area contributed by atoms with Crippen LogP contribution in [0, 0.1) is 0 Å². The number of oxime groups is 1. The van der Waals surface area contributed by atoms with Crippen LogP contribution in [0.5, 0.6) is 0 Å². The maximum absolute atomic E-state index is 12.6. The van der Waals surface area contributed by atoms with E-state index in [2.05, 4.69) is 16.1 Å². The van der Waals surface area contributed by atoms with Crippen molar-refractivity contribution in [1.29, 1.82) is 0 Å². The number of amidine groups is 1. The molecule has 1 unspecified atom stereocenters. The Balaban J connectivity index is 1.55. The van der Waals surface area contributed by atoms with Crippen LogP contribution in [0.3, 0.4) is 0 Å². The van der Waals surface area contributed by atoms with Crippen LogP contribution in [0.25, 0.3) is 0 Å². The number of hydrogen-bond acceptors (Lipinski definition) is 5. The van der Waals surface area contributed by atoms with Crippen molar-refractivity contribution in [1.82, 2.24) is 9.80 Å². The first kappa shape index (κ1) is 21.6. The SMILES string of the molecule is CC(ON=C(N)c1cccc(CN2CCOCC2)c1)C(=O)N(C)C1CCCCC1. The Kier molecular flexibility index (Phi) is 7.89. The minimum atomic E-state index is -0.656. The van der Waals surface area contributed by atoms with Crippen molar-refractivity contribution in [3.05, 3.63) is 35.4 Å². The maximum atomic E-state index is 12.6. The molecule has 0 spiro atoms. The molecule has 0 bridgehead atoms. The van der Waals surface area contributed by atoms with E-state index in [0.717, 1.165) is 51.3 Å². The molecule has 1 amide bonds. The summed E-state index contributed by atoms with van der Waals surface area (Å²) in [5.74, 6) is 0.239. The van der Waals surface area contributed by atoms with E-state index in [1.54, 1.807) is 6.92 Å². The molecule has 0 radical (unpaired) electrons. The molecule has 1 heterocycles. The Bertz CT molecular complexity index is 697. The fourth-order valence-electron chi connectivity index (χ4n) is 4.02. The molecular formula is C22H34N4O3. The number of likely N-dealkylation sites (N-methyl/N-ethyl adjacent to an activating group) is 1. The van der Waals surface area contributed by atoms with E-state index in [4.69, 9.17) is 15.3 Å². The lowest BCUT2D eigenvalue weighted by Crippen LogP contribution is -2.43. The summed E-state index contributed by atoms with van der Waals surface area (Å²) in [6.45, 7) is 6.01. The molecule has 1 saturated heterocycles. The van der Waals surface area contributed by atoms with E-state index in [9.17, 15) is 4.79 Å². The van der Waals surface area contributed by atoms with Gasteiger partial charge in [0.25, 0.3) is 5.91 Å². The van der Waals surface area contributed by atoms with E-state index >= 15 is 0 Å². The molecule has 1 saturated carbocycles. The monoisotopic (exact) mass is 402 g/mol. The standard InChI is InChI=1S/C22H34N4O3/c1-17(22(27)25(2)20-9-4-3-5-10-20)29-24-21(23)19-8-6-7-18(15-19)16-26-11-13-28-14-12-26/h6-8,15,17,20H,3-5,9-14,16H2,1-2H3,(H2,23,24). The predicted molar refractivity (Wildman–Crippen MR) is 113 cm³/mol. The lowest BCUT2D eigenvalue weighted by molar-refractivity contribution is -0.144. The smallest absolute Gasteiger partial charge is 0.266 e. The molecule has 1 atom stereocenters. The number of morpholine rings is 1. The third-order valence-electron chi connectivity index (χ3n) is 5.86. The fraction of sp³-hybridized carbons (Fsp3) is 0.636. The first-order valence-corrected chi connectivity index (χ1v) is 10.7. The molecule has 1 aromatic carbocycles. The van der Waals surface area contributed by atoms with Crippen molar-refractivity contribution in [2.75, 3.05) is 33.4 Å². The van der Waals surface area contributed by atoms with Gasteiger partial charge in [-0.1, -0.05) is 42.6 Å². The van der Waals surface area contributed by atoms with Gasteiger partial charge in [0.1, 0.15) is 0 Å². The highest BCUT2D eigenvalue weighted by Crippen LogP contribution is 2.22. The van der Waals surface area contributed by atoms with Gasteiger partial charge >= 0.3 is 0 Å². The van der Waals surface area contributed by atoms with Crippen LogP contribution in [0.15, 0.2) is 29.4 Å². The average Bonchev–Trinajstić information content (AvgIpc) is 2.77. The van der Waals surface area contributed by atoms with Crippen molar-refractivity contribution >= 4 is 11.7 Å². The highest BCUT2D eigenvalue weighted by molar-refractivity contribution is 5.97. The molecule has 7 nitrogen and oxygen atoms in total. The molecule has 2 fully saturated rings. The summed E-state index contributed by atoms with van der Waals surface area (Å²) in [6.07, 6.45) is 5.10. The molecule has 1 aromatic rings. The summed E-state index contributed by atoms with van der Waals surface area (Å²) in [5, 5.41) is 4.04. The van der Waals surface area contributed by atoms with E-state index in [-0.39, 0.29) is 11.7 Å². The molecule has 0 aromatic heterocycles. The number of carbonyl (C=O) groups is 1. The summed E-state index contributed by atoms with van der Waals surface area (Å²) < 4.78 is 5.40. The van der Waals surface area contributed by atoms with Gasteiger partial charge in [-0.05, 0) is 31.4 Å². The van der Waals surface area contributed by atoms with Crippen LogP contribution >= 0.6 is 0 Å². The number of ether oxygens (including phenoxy) is 1. The predicted octanol–water partition coefficient (Wildman–Crippen LogP) is 2.34. The molecule has 7 heteroatoms. The zero-order chi connectivity index (χ0) is 20.6. The van der Waals surface area contributed by atoms with Gasteiger partial charge in [0.05, 0.1) is 13.2 Å². The number of hydrogen-bond donors (Lipinski definition) is 1. The van der Waals surface area contributed by atoms with Crippen LogP contribution in [0.1, 0.15) is 50.2 Å². The van der Waals surface area contributed by atoms with Crippen LogP contribution in [-0.4, -0.2) is 67.0 Å². The van der Waals surface area contributed by atoms with E-state index < -0.39 is 6.10 Å². The Morgan fingerprint density at radius 1 is 1.31 bits per heavy atom. The minimum absolute atomic E-state index is 0.0467. The summed E-state index contributed by atoms with van der Waals surface area (Å²) in [6, 6.07) is 8.29. The number of carbonyl (C=O) groups excluding carboxylic acids is 1. The zero-order valence-electron chi connectivity index (χ0n) is 17.7. The number of rotatable bonds is 7. The maximum Gasteiger partial charge on any atom is 0.266 e. The normalized spacial score (nSPS) is 20.3. The minimum Gasteiger partial charge on any atom is -0.381 e. The average molecular weight is 403 g/mol. The Morgan fingerprint density at radius 2 is 2.03 bits per heavy atom. The Hall–Kier alpha value is -2.12. The van der Waals surface area contributed by atoms with E-state index in [1.165, 1.54) is 24.8 Å². The van der Waals surface area contributed by atoms with Gasteiger partial charge < -0.3 is 20.2 Å². The topological polar surface area (TPSA) is 80.4 Å². The zero-order valence-corrected chi connectivity index (χ0v) is 17.7. The Labute approximate surface area is 173 Å². The quantitative estimate of drug-likeness (QED) is 0.430. The first-order chi connectivity index (χ1) is 14.0. The van der Waals surface area contributed by atoms with Gasteiger partial charge in [-0.15, -0.1) is 0 Å². The van der Waals surface area contributed by atoms with Gasteiger partial charge in [0.15, 0.2) is 5.84 Å². The van der Waals surface area contributed by atoms with Crippen LogP contribution in [-0.2, 0) is 20.9 Å². The van der Waals surface area contributed by atoms with Gasteiger partial charge in [-0.2, -0.15) is 0 Å². The molecule has 1 aliphatic carbocycles. The molecule has 29 heavy (non-hydrogen) atoms. The second-order valence-electron chi connectivity index (χ2n) is 8.05. The van der Waals surface area contributed by atoms with Crippen LogP contribution < -0.4 is 5.73 Å². The summed E-state index contributed by atoms with van der Waals surface area (Å²) in [5.41, 5.74) is 8.10. The molecule has 2 N–H and O–H groups in total. The van der Waals surface area contributed by atoms with Crippen molar-refractivity contribution in [2.24, 2.45) is 10.9 Å². The number of nitrogens with two attached hydrogens (primary N) is 1. The van der Waals surface area contributed by atoms with E-state index in [1.807, 2.05) is 30.1 Å². The molecule has 3 rings (SSSR count). The third kappa shape index (κ3) is 6.18. The summed E-state index contributed by atoms with van der Waals surface area (Å²) in [7, 11) is 1.86. The first-order valence-electron chi connectivity index (χ1n) is 10.7. The van der Waals surface area contributed by atoms with Gasteiger partial charge in [-0.3, -0.25) is 9.69 Å². The molecular weight excluding hydrogens is 368 g/mol. The van der Waals surface area contributed by atoms with Gasteiger partial charge in [0.2, 0.25) is 6.10 Å². The van der Waals surface area contributed by atoms with Crippen molar-refractivity contribution in [3.8, 4) is 0 Å². The summed E-state index contributed by atoms with van der Waals surface area (Å²) in [4.78, 5) is 22.3. The van der Waals surface area contributed by atoms with E-state index in [0.29, 0.717) is 6.04 Å². The molecule has 160 valence electrons. The van der Waals surface area contributed by atoms with Crippen LogP contribution in [0.2, 0.25) is 0 Å². The second-order valence-corrected chi connectivity index (χ2v) is 8.05. The van der Waals surface area contributed by atoms with Gasteiger partial charge in [0, 0.05) is 38.3 Å². The van der Waals surface area contributed by atoms with Gasteiger partial charge in [-0.25, -0.2) is 0 Å². The second kappa shape index (κ2) is 10.6. The van der Waals surface area contributed by atoms with Crippen molar-refractivity contribution in [3.63, 3.8) is 0 Å². The lowest BCUT2D eigenvalue weighted by atomic mass is 9.94. The Morgan fingerprint density at radius 3 is 2.76 bits per heavy atom. The lowest BCUT2D eigenvalue weighted by Gasteiger charge is -2.32. The summed E-state index contributed by atoms with van der Waals surface area (Å²) >= 11 is 0. The number of benzene rings is 1. The number of amides is 1. The van der Waals surface area contributed by atoms with Crippen LogP contribution in [0.4, 0.5) is 0 Å². The van der Waals surface area contributed by atoms with Crippen molar-refractivity contribution in [2.45, 2.75) is 57.7 Å². The largest absolute Gasteiger partial charge is 0.381 e. The highest BCUT2D eigenvalue weighted by Gasteiger charge is 2.26. The van der Waals surface area contributed by atoms with Crippen molar-refractivity contribution < 1.29 is 14.4 Å². The number of nitrogens with zero attached hydrogens (tertiary/aromatic N) is 3. The molecule has 1 aliphatic heterocycles.